The Morgan fingerprint density at radius 3 is 2.92 bits per heavy atom. The Kier molecular flexibility index (Phi) is 4.44. The summed E-state index contributed by atoms with van der Waals surface area (Å²) in [6, 6.07) is 7.18. The highest BCUT2D eigenvalue weighted by molar-refractivity contribution is 5.92. The van der Waals surface area contributed by atoms with Crippen molar-refractivity contribution >= 4 is 11.7 Å². The van der Waals surface area contributed by atoms with Crippen LogP contribution in [0.5, 0.6) is 0 Å². The highest BCUT2D eigenvalue weighted by atomic mass is 16.3. The number of nitrogens with one attached hydrogen (secondary N) is 1. The maximum Gasteiger partial charge on any atom is 0.269 e. The third-order valence-corrected chi connectivity index (χ3v) is 4.14. The van der Waals surface area contributed by atoms with Crippen molar-refractivity contribution in [3.8, 4) is 0 Å². The lowest BCUT2D eigenvalue weighted by Gasteiger charge is -2.24. The number of hydrogen-bond donors (Lipinski definition) is 2. The number of pyridine rings is 1. The number of aryl methyl sites for hydroxylation is 2. The van der Waals surface area contributed by atoms with Crippen molar-refractivity contribution in [2.24, 2.45) is 0 Å². The van der Waals surface area contributed by atoms with Crippen LogP contribution in [0.1, 0.15) is 28.3 Å². The van der Waals surface area contributed by atoms with E-state index >= 15 is 0 Å². The van der Waals surface area contributed by atoms with Crippen LogP contribution in [-0.2, 0) is 0 Å². The summed E-state index contributed by atoms with van der Waals surface area (Å²) in [5.74, 6) is 0.522. The molecule has 1 aliphatic rings. The molecule has 2 aromatic rings. The Bertz CT molecular complexity index is 751. The van der Waals surface area contributed by atoms with E-state index in [4.69, 9.17) is 0 Å². The minimum Gasteiger partial charge on any atom is -0.386 e. The maximum absolute atomic E-state index is 12.2. The van der Waals surface area contributed by atoms with Gasteiger partial charge >= 0.3 is 0 Å². The van der Waals surface area contributed by atoms with Gasteiger partial charge in [0.15, 0.2) is 0 Å². The van der Waals surface area contributed by atoms with Crippen molar-refractivity contribution in [2.75, 3.05) is 24.5 Å². The molecule has 2 aromatic heterocycles. The van der Waals surface area contributed by atoms with E-state index in [0.29, 0.717) is 25.2 Å². The lowest BCUT2D eigenvalue weighted by atomic mass is 10.0. The van der Waals surface area contributed by atoms with Gasteiger partial charge in [-0.2, -0.15) is 0 Å². The van der Waals surface area contributed by atoms with Crippen LogP contribution in [-0.4, -0.2) is 51.2 Å². The predicted octanol–water partition coefficient (Wildman–Crippen LogP) is 0.860. The van der Waals surface area contributed by atoms with Crippen LogP contribution in [0.4, 0.5) is 5.82 Å². The normalized spacial score (nSPS) is 20.2. The molecule has 0 aromatic carbocycles. The van der Waals surface area contributed by atoms with Crippen LogP contribution in [0.3, 0.4) is 0 Å². The minimum atomic E-state index is -0.974. The van der Waals surface area contributed by atoms with Gasteiger partial charge in [0.25, 0.3) is 5.91 Å². The molecule has 1 fully saturated rings. The van der Waals surface area contributed by atoms with E-state index in [0.717, 1.165) is 17.2 Å². The van der Waals surface area contributed by atoms with Gasteiger partial charge in [0.05, 0.1) is 0 Å². The van der Waals surface area contributed by atoms with Gasteiger partial charge in [0.1, 0.15) is 23.4 Å². The smallest absolute Gasteiger partial charge is 0.269 e. The van der Waals surface area contributed by atoms with Crippen molar-refractivity contribution in [3.05, 3.63) is 47.7 Å². The zero-order valence-electron chi connectivity index (χ0n) is 13.9. The first-order valence-electron chi connectivity index (χ1n) is 7.93. The van der Waals surface area contributed by atoms with Gasteiger partial charge in [0.2, 0.25) is 0 Å². The maximum atomic E-state index is 12.2. The van der Waals surface area contributed by atoms with Crippen LogP contribution >= 0.6 is 0 Å². The molecule has 0 radical (unpaired) electrons. The third kappa shape index (κ3) is 3.68. The summed E-state index contributed by atoms with van der Waals surface area (Å²) in [6.07, 6.45) is 2.09. The standard InChI is InChI=1S/C17H21N5O2/c1-12-4-3-5-14(21-12)16(23)18-9-17(24)6-7-22(10-17)15-8-13(2)19-11-20-15/h3-5,8,11,24H,6-7,9-10H2,1-2H3,(H,18,23). The second-order valence-electron chi connectivity index (χ2n) is 6.26. The van der Waals surface area contributed by atoms with Crippen molar-refractivity contribution in [1.82, 2.24) is 20.3 Å². The summed E-state index contributed by atoms with van der Waals surface area (Å²) < 4.78 is 0. The van der Waals surface area contributed by atoms with Gasteiger partial charge in [0, 0.05) is 37.1 Å². The van der Waals surface area contributed by atoms with E-state index in [-0.39, 0.29) is 12.5 Å². The predicted molar refractivity (Wildman–Crippen MR) is 89.9 cm³/mol. The second kappa shape index (κ2) is 6.52. The molecule has 1 saturated heterocycles. The lowest BCUT2D eigenvalue weighted by molar-refractivity contribution is 0.0574. The number of β-amino-alcohol motifs (C(OH)–C–C–N with tert-alkyl or cyclic N) is 1. The molecule has 0 aliphatic carbocycles. The first-order chi connectivity index (χ1) is 11.5. The number of anilines is 1. The van der Waals surface area contributed by atoms with Gasteiger partial charge in [-0.1, -0.05) is 6.07 Å². The molecule has 126 valence electrons. The number of hydrogen-bond acceptors (Lipinski definition) is 6. The fourth-order valence-corrected chi connectivity index (χ4v) is 2.81. The van der Waals surface area contributed by atoms with E-state index in [1.54, 1.807) is 12.1 Å². The first-order valence-corrected chi connectivity index (χ1v) is 7.93. The number of aliphatic hydroxyl groups is 1. The molecule has 2 N–H and O–H groups in total. The molecule has 24 heavy (non-hydrogen) atoms. The average molecular weight is 327 g/mol. The third-order valence-electron chi connectivity index (χ3n) is 4.14. The monoisotopic (exact) mass is 327 g/mol. The van der Waals surface area contributed by atoms with Gasteiger partial charge in [-0.3, -0.25) is 4.79 Å². The Morgan fingerprint density at radius 2 is 2.17 bits per heavy atom. The lowest BCUT2D eigenvalue weighted by Crippen LogP contribution is -2.45. The molecular formula is C17H21N5O2. The highest BCUT2D eigenvalue weighted by Gasteiger charge is 2.37. The van der Waals surface area contributed by atoms with E-state index in [1.165, 1.54) is 6.33 Å². The van der Waals surface area contributed by atoms with Crippen molar-refractivity contribution in [2.45, 2.75) is 25.9 Å². The van der Waals surface area contributed by atoms with Crippen molar-refractivity contribution in [3.63, 3.8) is 0 Å². The molecule has 1 aliphatic heterocycles. The number of amides is 1. The first kappa shape index (κ1) is 16.3. The molecule has 0 saturated carbocycles. The summed E-state index contributed by atoms with van der Waals surface area (Å²) in [4.78, 5) is 26.7. The molecule has 3 rings (SSSR count). The molecular weight excluding hydrogens is 306 g/mol. The molecule has 7 heteroatoms. The summed E-state index contributed by atoms with van der Waals surface area (Å²) in [5.41, 5.74) is 1.06. The van der Waals surface area contributed by atoms with Gasteiger partial charge < -0.3 is 15.3 Å². The van der Waals surface area contributed by atoms with Crippen LogP contribution in [0.15, 0.2) is 30.6 Å². The summed E-state index contributed by atoms with van der Waals surface area (Å²) in [7, 11) is 0. The van der Waals surface area contributed by atoms with Gasteiger partial charge in [-0.15, -0.1) is 0 Å². The number of nitrogens with zero attached hydrogens (tertiary/aromatic N) is 4. The minimum absolute atomic E-state index is 0.183. The van der Waals surface area contributed by atoms with E-state index < -0.39 is 5.60 Å². The van der Waals surface area contributed by atoms with Gasteiger partial charge in [-0.25, -0.2) is 15.0 Å². The van der Waals surface area contributed by atoms with Crippen LogP contribution in [0.2, 0.25) is 0 Å². The number of carbonyl (C=O) groups is 1. The Hall–Kier alpha value is -2.54. The van der Waals surface area contributed by atoms with Crippen molar-refractivity contribution in [1.29, 1.82) is 0 Å². The molecule has 7 nitrogen and oxygen atoms in total. The van der Waals surface area contributed by atoms with Crippen LogP contribution in [0.25, 0.3) is 0 Å². The number of carbonyl (C=O) groups excluding carboxylic acids is 1. The topological polar surface area (TPSA) is 91.2 Å². The summed E-state index contributed by atoms with van der Waals surface area (Å²) in [6.45, 7) is 5.03. The molecule has 1 atom stereocenters. The largest absolute Gasteiger partial charge is 0.386 e. The zero-order valence-corrected chi connectivity index (χ0v) is 13.9. The second-order valence-corrected chi connectivity index (χ2v) is 6.26. The number of rotatable bonds is 4. The molecule has 0 bridgehead atoms. The molecule has 1 unspecified atom stereocenters. The van der Waals surface area contributed by atoms with E-state index in [1.807, 2.05) is 30.9 Å². The van der Waals surface area contributed by atoms with E-state index in [9.17, 15) is 9.90 Å². The SMILES string of the molecule is Cc1cc(N2CCC(O)(CNC(=O)c3cccc(C)n3)C2)ncn1. The summed E-state index contributed by atoms with van der Waals surface area (Å²) in [5, 5.41) is 13.5. The summed E-state index contributed by atoms with van der Waals surface area (Å²) >= 11 is 0. The van der Waals surface area contributed by atoms with Gasteiger partial charge in [-0.05, 0) is 32.4 Å². The average Bonchev–Trinajstić information content (AvgIpc) is 2.96. The molecule has 3 heterocycles. The number of aromatic nitrogens is 3. The zero-order chi connectivity index (χ0) is 17.2. The fourth-order valence-electron chi connectivity index (χ4n) is 2.81. The highest BCUT2D eigenvalue weighted by Crippen LogP contribution is 2.25. The Morgan fingerprint density at radius 1 is 1.33 bits per heavy atom. The Labute approximate surface area is 140 Å². The quantitative estimate of drug-likeness (QED) is 0.865. The van der Waals surface area contributed by atoms with E-state index in [2.05, 4.69) is 20.3 Å². The molecule has 1 amide bonds. The van der Waals surface area contributed by atoms with Crippen LogP contribution < -0.4 is 10.2 Å². The Balaban J connectivity index is 1.60. The molecule has 0 spiro atoms. The van der Waals surface area contributed by atoms with Crippen molar-refractivity contribution < 1.29 is 9.90 Å². The van der Waals surface area contributed by atoms with Crippen LogP contribution in [0, 0.1) is 13.8 Å². The fraction of sp³-hybridized carbons (Fsp3) is 0.412.